The first kappa shape index (κ1) is 13.2. The zero-order chi connectivity index (χ0) is 13.3. The van der Waals surface area contributed by atoms with E-state index in [0.717, 1.165) is 21.1 Å². The van der Waals surface area contributed by atoms with Crippen molar-refractivity contribution < 1.29 is 9.50 Å². The first-order valence-electron chi connectivity index (χ1n) is 5.84. The second-order valence-corrected chi connectivity index (χ2v) is 5.78. The highest BCUT2D eigenvalue weighted by molar-refractivity contribution is 7.11. The molecule has 1 aromatic carbocycles. The van der Waals surface area contributed by atoms with Crippen molar-refractivity contribution in [2.24, 2.45) is 0 Å². The van der Waals surface area contributed by atoms with E-state index in [9.17, 15) is 9.50 Å². The zero-order valence-corrected chi connectivity index (χ0v) is 11.5. The summed E-state index contributed by atoms with van der Waals surface area (Å²) in [6.07, 6.45) is -0.477. The van der Waals surface area contributed by atoms with Gasteiger partial charge in [-0.3, -0.25) is 0 Å². The normalized spacial score (nSPS) is 12.7. The maximum atomic E-state index is 13.6. The maximum absolute atomic E-state index is 13.6. The van der Waals surface area contributed by atoms with Gasteiger partial charge >= 0.3 is 0 Å². The van der Waals surface area contributed by atoms with Crippen LogP contribution in [-0.4, -0.2) is 10.1 Å². The van der Waals surface area contributed by atoms with E-state index in [4.69, 9.17) is 0 Å². The molecule has 2 nitrogen and oxygen atoms in total. The molecule has 0 bridgehead atoms. The van der Waals surface area contributed by atoms with Crippen LogP contribution in [0.2, 0.25) is 0 Å². The Balaban J connectivity index is 2.21. The summed E-state index contributed by atoms with van der Waals surface area (Å²) in [4.78, 5) is 5.50. The maximum Gasteiger partial charge on any atom is 0.129 e. The van der Waals surface area contributed by atoms with Crippen LogP contribution < -0.4 is 0 Å². The molecule has 1 aromatic heterocycles. The number of hydrogen-bond donors (Lipinski definition) is 1. The van der Waals surface area contributed by atoms with E-state index in [2.05, 4.69) is 4.98 Å². The smallest absolute Gasteiger partial charge is 0.129 e. The Morgan fingerprint density at radius 2 is 2.06 bits per heavy atom. The number of nitrogens with zero attached hydrogens (tertiary/aromatic N) is 1. The lowest BCUT2D eigenvalue weighted by molar-refractivity contribution is 0.173. The molecule has 0 saturated carbocycles. The molecular formula is C14H16FNOS. The third-order valence-corrected chi connectivity index (χ3v) is 4.05. The summed E-state index contributed by atoms with van der Waals surface area (Å²) in [6.45, 7) is 5.82. The van der Waals surface area contributed by atoms with E-state index in [0.29, 0.717) is 12.0 Å². The fourth-order valence-corrected chi connectivity index (χ4v) is 2.79. The third-order valence-electron chi connectivity index (χ3n) is 2.95. The highest BCUT2D eigenvalue weighted by atomic mass is 32.1. The van der Waals surface area contributed by atoms with Crippen LogP contribution >= 0.6 is 11.3 Å². The Morgan fingerprint density at radius 1 is 1.33 bits per heavy atom. The first-order chi connectivity index (χ1) is 8.47. The highest BCUT2D eigenvalue weighted by Gasteiger charge is 2.16. The van der Waals surface area contributed by atoms with Gasteiger partial charge in [-0.05, 0) is 26.8 Å². The van der Waals surface area contributed by atoms with Crippen molar-refractivity contribution >= 4 is 11.3 Å². The van der Waals surface area contributed by atoms with Gasteiger partial charge in [-0.25, -0.2) is 9.37 Å². The third kappa shape index (κ3) is 2.76. The number of aromatic nitrogens is 1. The van der Waals surface area contributed by atoms with E-state index in [1.165, 1.54) is 6.07 Å². The molecule has 1 atom stereocenters. The molecule has 1 heterocycles. The van der Waals surface area contributed by atoms with Crippen molar-refractivity contribution in [1.82, 2.24) is 4.98 Å². The highest BCUT2D eigenvalue weighted by Crippen LogP contribution is 2.25. The SMILES string of the molecule is Cc1ccc(F)c(C(O)Cc2nc(C)c(C)s2)c1. The lowest BCUT2D eigenvalue weighted by atomic mass is 10.0. The molecule has 0 radical (unpaired) electrons. The predicted octanol–water partition coefficient (Wildman–Crippen LogP) is 3.48. The van der Waals surface area contributed by atoms with Crippen LogP contribution in [0, 0.1) is 26.6 Å². The lowest BCUT2D eigenvalue weighted by Crippen LogP contribution is -2.04. The molecular weight excluding hydrogens is 249 g/mol. The Hall–Kier alpha value is -1.26. The summed E-state index contributed by atoms with van der Waals surface area (Å²) in [5.41, 5.74) is 2.27. The van der Waals surface area contributed by atoms with Gasteiger partial charge < -0.3 is 5.11 Å². The van der Waals surface area contributed by atoms with E-state index in [-0.39, 0.29) is 5.82 Å². The minimum absolute atomic E-state index is 0.348. The summed E-state index contributed by atoms with van der Waals surface area (Å²) in [5, 5.41) is 11.0. The van der Waals surface area contributed by atoms with Gasteiger partial charge in [0, 0.05) is 16.9 Å². The molecule has 1 unspecified atom stereocenters. The number of halogens is 1. The minimum atomic E-state index is -0.838. The summed E-state index contributed by atoms with van der Waals surface area (Å²) < 4.78 is 13.6. The molecule has 4 heteroatoms. The Labute approximate surface area is 110 Å². The number of hydrogen-bond acceptors (Lipinski definition) is 3. The summed E-state index contributed by atoms with van der Waals surface area (Å²) >= 11 is 1.55. The Bertz CT molecular complexity index is 545. The molecule has 0 aliphatic heterocycles. The molecule has 2 rings (SSSR count). The average molecular weight is 265 g/mol. The molecule has 0 spiro atoms. The standard InChI is InChI=1S/C14H16FNOS/c1-8-4-5-12(15)11(6-8)13(17)7-14-16-9(2)10(3)18-14/h4-6,13,17H,7H2,1-3H3. The molecule has 0 fully saturated rings. The number of thiazole rings is 1. The fraction of sp³-hybridized carbons (Fsp3) is 0.357. The van der Waals surface area contributed by atoms with Crippen molar-refractivity contribution in [3.63, 3.8) is 0 Å². The quantitative estimate of drug-likeness (QED) is 0.921. The van der Waals surface area contributed by atoms with Gasteiger partial charge in [-0.1, -0.05) is 17.7 Å². The van der Waals surface area contributed by atoms with Crippen molar-refractivity contribution in [2.75, 3.05) is 0 Å². The second-order valence-electron chi connectivity index (χ2n) is 4.49. The van der Waals surface area contributed by atoms with Gasteiger partial charge in [0.15, 0.2) is 0 Å². The minimum Gasteiger partial charge on any atom is -0.388 e. The van der Waals surface area contributed by atoms with E-state index < -0.39 is 6.10 Å². The Morgan fingerprint density at radius 3 is 2.67 bits per heavy atom. The number of aliphatic hydroxyl groups excluding tert-OH is 1. The number of aliphatic hydroxyl groups is 1. The van der Waals surface area contributed by atoms with Crippen LogP contribution in [0.15, 0.2) is 18.2 Å². The summed E-state index contributed by atoms with van der Waals surface area (Å²) in [5.74, 6) is -0.363. The van der Waals surface area contributed by atoms with Crippen LogP contribution in [-0.2, 0) is 6.42 Å². The van der Waals surface area contributed by atoms with Gasteiger partial charge in [0.2, 0.25) is 0 Å². The number of aryl methyl sites for hydroxylation is 3. The molecule has 0 saturated heterocycles. The topological polar surface area (TPSA) is 33.1 Å². The van der Waals surface area contributed by atoms with Crippen molar-refractivity contribution in [3.05, 3.63) is 50.7 Å². The number of benzene rings is 1. The van der Waals surface area contributed by atoms with Crippen LogP contribution in [0.5, 0.6) is 0 Å². The van der Waals surface area contributed by atoms with E-state index in [1.54, 1.807) is 23.5 Å². The first-order valence-corrected chi connectivity index (χ1v) is 6.66. The molecule has 0 amide bonds. The Kier molecular flexibility index (Phi) is 3.78. The summed E-state index contributed by atoms with van der Waals surface area (Å²) in [7, 11) is 0. The van der Waals surface area contributed by atoms with Crippen LogP contribution in [0.3, 0.4) is 0 Å². The van der Waals surface area contributed by atoms with E-state index in [1.807, 2.05) is 20.8 Å². The molecule has 1 N–H and O–H groups in total. The molecule has 18 heavy (non-hydrogen) atoms. The largest absolute Gasteiger partial charge is 0.388 e. The average Bonchev–Trinajstić information content (AvgIpc) is 2.61. The van der Waals surface area contributed by atoms with Crippen molar-refractivity contribution in [1.29, 1.82) is 0 Å². The molecule has 0 aliphatic rings. The number of rotatable bonds is 3. The monoisotopic (exact) mass is 265 g/mol. The molecule has 0 aliphatic carbocycles. The van der Waals surface area contributed by atoms with Gasteiger partial charge in [0.1, 0.15) is 5.82 Å². The summed E-state index contributed by atoms with van der Waals surface area (Å²) in [6, 6.07) is 4.78. The van der Waals surface area contributed by atoms with Crippen LogP contribution in [0.4, 0.5) is 4.39 Å². The second kappa shape index (κ2) is 5.16. The zero-order valence-electron chi connectivity index (χ0n) is 10.7. The van der Waals surface area contributed by atoms with Gasteiger partial charge in [0.05, 0.1) is 16.8 Å². The van der Waals surface area contributed by atoms with Crippen LogP contribution in [0.25, 0.3) is 0 Å². The van der Waals surface area contributed by atoms with Gasteiger partial charge in [-0.15, -0.1) is 11.3 Å². The molecule has 96 valence electrons. The van der Waals surface area contributed by atoms with Gasteiger partial charge in [0.25, 0.3) is 0 Å². The molecule has 2 aromatic rings. The predicted molar refractivity (Wildman–Crippen MR) is 71.4 cm³/mol. The van der Waals surface area contributed by atoms with Crippen LogP contribution in [0.1, 0.15) is 32.8 Å². The van der Waals surface area contributed by atoms with Crippen molar-refractivity contribution in [3.8, 4) is 0 Å². The fourth-order valence-electron chi connectivity index (χ4n) is 1.82. The van der Waals surface area contributed by atoms with E-state index >= 15 is 0 Å². The van der Waals surface area contributed by atoms with Crippen molar-refractivity contribution in [2.45, 2.75) is 33.3 Å². The lowest BCUT2D eigenvalue weighted by Gasteiger charge is -2.11. The van der Waals surface area contributed by atoms with Gasteiger partial charge in [-0.2, -0.15) is 0 Å².